The van der Waals surface area contributed by atoms with E-state index in [4.69, 9.17) is 5.11 Å². The molecule has 0 aliphatic heterocycles. The van der Waals surface area contributed by atoms with Crippen molar-refractivity contribution in [2.75, 3.05) is 0 Å². The molecule has 112 valence electrons. The Morgan fingerprint density at radius 3 is 2.43 bits per heavy atom. The molecule has 0 amide bonds. The van der Waals surface area contributed by atoms with E-state index in [1.54, 1.807) is 13.2 Å². The SMILES string of the molecule is Cn1cc(-c2ccc(C(F)(F)F)cc2)c(CCC(=O)O)n1. The molecular formula is C14H13F3N2O2. The van der Waals surface area contributed by atoms with Crippen LogP contribution in [0.5, 0.6) is 0 Å². The molecule has 1 heterocycles. The highest BCUT2D eigenvalue weighted by atomic mass is 19.4. The Balaban J connectivity index is 2.31. The first-order valence-electron chi connectivity index (χ1n) is 6.19. The molecule has 0 saturated heterocycles. The number of aromatic nitrogens is 2. The lowest BCUT2D eigenvalue weighted by atomic mass is 10.0. The zero-order valence-electron chi connectivity index (χ0n) is 11.2. The second kappa shape index (κ2) is 5.59. The molecule has 21 heavy (non-hydrogen) atoms. The van der Waals surface area contributed by atoms with E-state index >= 15 is 0 Å². The van der Waals surface area contributed by atoms with E-state index in [9.17, 15) is 18.0 Å². The lowest BCUT2D eigenvalue weighted by Gasteiger charge is -2.07. The molecule has 4 nitrogen and oxygen atoms in total. The van der Waals surface area contributed by atoms with E-state index in [2.05, 4.69) is 5.10 Å². The third-order valence-corrected chi connectivity index (χ3v) is 3.00. The van der Waals surface area contributed by atoms with E-state index in [0.717, 1.165) is 12.1 Å². The first-order chi connectivity index (χ1) is 9.77. The Bertz CT molecular complexity index is 645. The van der Waals surface area contributed by atoms with Crippen molar-refractivity contribution in [3.8, 4) is 11.1 Å². The highest BCUT2D eigenvalue weighted by molar-refractivity contribution is 5.69. The second-order valence-electron chi connectivity index (χ2n) is 4.63. The molecule has 1 aromatic carbocycles. The number of aryl methyl sites for hydroxylation is 2. The van der Waals surface area contributed by atoms with Crippen LogP contribution in [-0.2, 0) is 24.4 Å². The van der Waals surface area contributed by atoms with E-state index < -0.39 is 17.7 Å². The summed E-state index contributed by atoms with van der Waals surface area (Å²) in [5.74, 6) is -0.945. The van der Waals surface area contributed by atoms with Crippen molar-refractivity contribution in [1.29, 1.82) is 0 Å². The van der Waals surface area contributed by atoms with Crippen molar-refractivity contribution in [1.82, 2.24) is 9.78 Å². The highest BCUT2D eigenvalue weighted by Gasteiger charge is 2.30. The minimum absolute atomic E-state index is 0.0787. The van der Waals surface area contributed by atoms with E-state index in [1.165, 1.54) is 16.8 Å². The number of hydrogen-bond acceptors (Lipinski definition) is 2. The van der Waals surface area contributed by atoms with Crippen LogP contribution in [0.1, 0.15) is 17.7 Å². The molecule has 0 unspecified atom stereocenters. The number of hydrogen-bond donors (Lipinski definition) is 1. The number of aliphatic carboxylic acids is 1. The van der Waals surface area contributed by atoms with Gasteiger partial charge in [0, 0.05) is 25.2 Å². The number of halogens is 3. The smallest absolute Gasteiger partial charge is 0.416 e. The number of rotatable bonds is 4. The predicted octanol–water partition coefficient (Wildman–Crippen LogP) is 3.12. The van der Waals surface area contributed by atoms with Crippen LogP contribution in [-0.4, -0.2) is 20.9 Å². The van der Waals surface area contributed by atoms with Crippen LogP contribution >= 0.6 is 0 Å². The number of alkyl halides is 3. The Kier molecular flexibility index (Phi) is 4.02. The number of nitrogens with zero attached hydrogens (tertiary/aromatic N) is 2. The average Bonchev–Trinajstić information content (AvgIpc) is 2.77. The van der Waals surface area contributed by atoms with Crippen LogP contribution in [0.15, 0.2) is 30.5 Å². The maximum absolute atomic E-state index is 12.5. The fraction of sp³-hybridized carbons (Fsp3) is 0.286. The summed E-state index contributed by atoms with van der Waals surface area (Å²) in [5.41, 5.74) is 1.06. The standard InChI is InChI=1S/C14H13F3N2O2/c1-19-8-11(12(18-19)6-7-13(20)21)9-2-4-10(5-3-9)14(15,16)17/h2-5,8H,6-7H2,1H3,(H,20,21). The van der Waals surface area contributed by atoms with Gasteiger partial charge < -0.3 is 5.11 Å². The van der Waals surface area contributed by atoms with E-state index in [1.807, 2.05) is 0 Å². The van der Waals surface area contributed by atoms with Gasteiger partial charge in [-0.15, -0.1) is 0 Å². The molecule has 0 aliphatic carbocycles. The maximum Gasteiger partial charge on any atom is 0.416 e. The number of carboxylic acid groups (broad SMARTS) is 1. The van der Waals surface area contributed by atoms with Gasteiger partial charge in [-0.1, -0.05) is 12.1 Å². The summed E-state index contributed by atoms with van der Waals surface area (Å²) in [6.45, 7) is 0. The molecule has 0 fully saturated rings. The van der Waals surface area contributed by atoms with Gasteiger partial charge in [-0.2, -0.15) is 18.3 Å². The van der Waals surface area contributed by atoms with Crippen molar-refractivity contribution >= 4 is 5.97 Å². The Hall–Kier alpha value is -2.31. The molecule has 0 radical (unpaired) electrons. The van der Waals surface area contributed by atoms with Gasteiger partial charge in [-0.05, 0) is 17.7 Å². The minimum Gasteiger partial charge on any atom is -0.481 e. The molecule has 7 heteroatoms. The largest absolute Gasteiger partial charge is 0.481 e. The van der Waals surface area contributed by atoms with Gasteiger partial charge in [0.25, 0.3) is 0 Å². The number of carboxylic acids is 1. The molecule has 0 atom stereocenters. The van der Waals surface area contributed by atoms with Crippen molar-refractivity contribution in [2.24, 2.45) is 7.05 Å². The third-order valence-electron chi connectivity index (χ3n) is 3.00. The summed E-state index contributed by atoms with van der Waals surface area (Å²) >= 11 is 0. The topological polar surface area (TPSA) is 55.1 Å². The van der Waals surface area contributed by atoms with Gasteiger partial charge in [-0.3, -0.25) is 9.48 Å². The molecule has 1 aromatic heterocycles. The zero-order valence-corrected chi connectivity index (χ0v) is 11.2. The van der Waals surface area contributed by atoms with Gasteiger partial charge in [0.15, 0.2) is 0 Å². The molecule has 2 rings (SSSR count). The van der Waals surface area contributed by atoms with Gasteiger partial charge in [-0.25, -0.2) is 0 Å². The monoisotopic (exact) mass is 298 g/mol. The quantitative estimate of drug-likeness (QED) is 0.943. The molecule has 0 bridgehead atoms. The molecule has 1 N–H and O–H groups in total. The van der Waals surface area contributed by atoms with Crippen molar-refractivity contribution in [3.63, 3.8) is 0 Å². The Labute approximate surface area is 118 Å². The fourth-order valence-electron chi connectivity index (χ4n) is 2.02. The minimum atomic E-state index is -4.38. The maximum atomic E-state index is 12.5. The van der Waals surface area contributed by atoms with E-state index in [0.29, 0.717) is 16.8 Å². The molecular weight excluding hydrogens is 285 g/mol. The third kappa shape index (κ3) is 3.62. The first-order valence-corrected chi connectivity index (χ1v) is 6.19. The summed E-state index contributed by atoms with van der Waals surface area (Å²) in [4.78, 5) is 10.6. The zero-order chi connectivity index (χ0) is 15.6. The normalized spacial score (nSPS) is 11.6. The Morgan fingerprint density at radius 1 is 1.29 bits per heavy atom. The Morgan fingerprint density at radius 2 is 1.90 bits per heavy atom. The first kappa shape index (κ1) is 15.1. The summed E-state index contributed by atoms with van der Waals surface area (Å²) in [6, 6.07) is 4.74. The number of carbonyl (C=O) groups is 1. The molecule has 0 saturated carbocycles. The summed E-state index contributed by atoms with van der Waals surface area (Å²) in [7, 11) is 1.68. The van der Waals surface area contributed by atoms with Gasteiger partial charge in [0.2, 0.25) is 0 Å². The average molecular weight is 298 g/mol. The lowest BCUT2D eigenvalue weighted by molar-refractivity contribution is -0.138. The predicted molar refractivity (Wildman–Crippen MR) is 69.6 cm³/mol. The van der Waals surface area contributed by atoms with Crippen LogP contribution in [0.2, 0.25) is 0 Å². The molecule has 0 spiro atoms. The lowest BCUT2D eigenvalue weighted by Crippen LogP contribution is -2.04. The van der Waals surface area contributed by atoms with Gasteiger partial charge in [0.05, 0.1) is 17.7 Å². The second-order valence-corrected chi connectivity index (χ2v) is 4.63. The van der Waals surface area contributed by atoms with Crippen molar-refractivity contribution in [3.05, 3.63) is 41.7 Å². The summed E-state index contributed by atoms with van der Waals surface area (Å²) in [5, 5.41) is 12.9. The highest BCUT2D eigenvalue weighted by Crippen LogP contribution is 2.31. The summed E-state index contributed by atoms with van der Waals surface area (Å²) in [6.07, 6.45) is -2.56. The molecule has 0 aliphatic rings. The number of benzene rings is 1. The van der Waals surface area contributed by atoms with Gasteiger partial charge in [0.1, 0.15) is 0 Å². The van der Waals surface area contributed by atoms with Gasteiger partial charge >= 0.3 is 12.1 Å². The van der Waals surface area contributed by atoms with Crippen LogP contribution in [0.4, 0.5) is 13.2 Å². The van der Waals surface area contributed by atoms with Crippen molar-refractivity contribution in [2.45, 2.75) is 19.0 Å². The van der Waals surface area contributed by atoms with Crippen LogP contribution in [0.3, 0.4) is 0 Å². The van der Waals surface area contributed by atoms with Crippen molar-refractivity contribution < 1.29 is 23.1 Å². The van der Waals surface area contributed by atoms with Crippen LogP contribution < -0.4 is 0 Å². The summed E-state index contributed by atoms with van der Waals surface area (Å²) < 4.78 is 39.1. The fourth-order valence-corrected chi connectivity index (χ4v) is 2.02. The van der Waals surface area contributed by atoms with E-state index in [-0.39, 0.29) is 12.8 Å². The van der Waals surface area contributed by atoms with Crippen LogP contribution in [0.25, 0.3) is 11.1 Å². The molecule has 2 aromatic rings. The van der Waals surface area contributed by atoms with Crippen LogP contribution in [0, 0.1) is 0 Å².